The van der Waals surface area contributed by atoms with Gasteiger partial charge in [0.15, 0.2) is 11.4 Å². The Morgan fingerprint density at radius 2 is 1.79 bits per heavy atom. The molecule has 10 nitrogen and oxygen atoms in total. The molecule has 11 heteroatoms. The molecular formula is C23H26IN3O7. The normalized spacial score (nSPS) is 28.6. The van der Waals surface area contributed by atoms with Gasteiger partial charge in [0.05, 0.1) is 15.2 Å². The summed E-state index contributed by atoms with van der Waals surface area (Å²) in [7, 11) is 6.81. The van der Waals surface area contributed by atoms with Crippen molar-refractivity contribution in [3.8, 4) is 5.75 Å². The number of rotatable bonds is 3. The number of aromatic hydroxyl groups is 1. The molecule has 0 spiro atoms. The number of phenolic OH excluding ortho intramolecular Hbond substituents is 1. The van der Waals surface area contributed by atoms with Crippen LogP contribution in [0.4, 0.5) is 5.69 Å². The lowest BCUT2D eigenvalue weighted by molar-refractivity contribution is -0.148. The summed E-state index contributed by atoms with van der Waals surface area (Å²) in [5, 5.41) is 44.4. The van der Waals surface area contributed by atoms with Crippen LogP contribution in [0.5, 0.6) is 5.75 Å². The van der Waals surface area contributed by atoms with Crippen LogP contribution in [0.25, 0.3) is 0 Å². The highest BCUT2D eigenvalue weighted by Gasteiger charge is 2.63. The van der Waals surface area contributed by atoms with Crippen LogP contribution >= 0.6 is 22.6 Å². The molecule has 0 aromatic heterocycles. The molecule has 0 saturated heterocycles. The average molecular weight is 583 g/mol. The van der Waals surface area contributed by atoms with Crippen molar-refractivity contribution >= 4 is 45.8 Å². The van der Waals surface area contributed by atoms with E-state index in [9.17, 15) is 34.8 Å². The fraction of sp³-hybridized carbons (Fsp3) is 0.435. The van der Waals surface area contributed by atoms with Crippen LogP contribution in [0.1, 0.15) is 22.3 Å². The van der Waals surface area contributed by atoms with Gasteiger partial charge in [-0.05, 0) is 67.1 Å². The number of nitrogens with zero attached hydrogens (tertiary/aromatic N) is 2. The summed E-state index contributed by atoms with van der Waals surface area (Å²) in [5.74, 6) is -6.51. The highest BCUT2D eigenvalue weighted by molar-refractivity contribution is 14.1. The molecule has 34 heavy (non-hydrogen) atoms. The molecule has 1 amide bonds. The number of carbonyl (C=O) groups is 3. The van der Waals surface area contributed by atoms with E-state index in [1.54, 1.807) is 20.2 Å². The maximum absolute atomic E-state index is 13.6. The molecule has 4 rings (SSSR count). The number of carbonyl (C=O) groups excluding carboxylic acids is 3. The second-order valence-electron chi connectivity index (χ2n) is 9.44. The molecule has 4 atom stereocenters. The van der Waals surface area contributed by atoms with Gasteiger partial charge >= 0.3 is 0 Å². The number of phenols is 1. The number of nitrogens with two attached hydrogens (primary N) is 1. The van der Waals surface area contributed by atoms with E-state index < -0.39 is 58.0 Å². The Morgan fingerprint density at radius 3 is 2.32 bits per heavy atom. The molecule has 3 aliphatic rings. The molecule has 0 bridgehead atoms. The Morgan fingerprint density at radius 1 is 1.18 bits per heavy atom. The third kappa shape index (κ3) is 3.09. The van der Waals surface area contributed by atoms with Crippen molar-refractivity contribution < 1.29 is 34.8 Å². The number of aliphatic hydroxyl groups is 3. The van der Waals surface area contributed by atoms with Gasteiger partial charge < -0.3 is 31.1 Å². The SMILES string of the molecule is CN(C)c1cc(I)c(O)c2c1C[C@H]1C[C@H]3C(N(C)C)C(O)=C(C(N)=O)C(=O)[C@@]3(O)C(O)=C1C2=O. The van der Waals surface area contributed by atoms with Gasteiger partial charge in [0, 0.05) is 31.3 Å². The summed E-state index contributed by atoms with van der Waals surface area (Å²) in [6.07, 6.45) is 0.317. The number of aliphatic hydroxyl groups excluding tert-OH is 2. The van der Waals surface area contributed by atoms with Crippen LogP contribution in [0.3, 0.4) is 0 Å². The van der Waals surface area contributed by atoms with Crippen molar-refractivity contribution in [2.45, 2.75) is 24.5 Å². The van der Waals surface area contributed by atoms with E-state index in [1.807, 2.05) is 41.6 Å². The van der Waals surface area contributed by atoms with Gasteiger partial charge in [-0.3, -0.25) is 19.3 Å². The van der Waals surface area contributed by atoms with Gasteiger partial charge in [-0.2, -0.15) is 0 Å². The average Bonchev–Trinajstić information content (AvgIpc) is 2.72. The van der Waals surface area contributed by atoms with Crippen LogP contribution in [0, 0.1) is 15.4 Å². The summed E-state index contributed by atoms with van der Waals surface area (Å²) in [6, 6.07) is 0.750. The quantitative estimate of drug-likeness (QED) is 0.256. The van der Waals surface area contributed by atoms with E-state index in [0.29, 0.717) is 9.13 Å². The lowest BCUT2D eigenvalue weighted by Gasteiger charge is -2.50. The van der Waals surface area contributed by atoms with Crippen molar-refractivity contribution in [3.63, 3.8) is 0 Å². The maximum atomic E-state index is 13.6. The second-order valence-corrected chi connectivity index (χ2v) is 10.6. The van der Waals surface area contributed by atoms with Crippen molar-refractivity contribution in [3.05, 3.63) is 43.4 Å². The minimum atomic E-state index is -2.63. The van der Waals surface area contributed by atoms with Crippen LogP contribution < -0.4 is 10.6 Å². The molecule has 182 valence electrons. The molecule has 1 unspecified atom stereocenters. The van der Waals surface area contributed by atoms with Gasteiger partial charge in [0.25, 0.3) is 5.91 Å². The first-order valence-electron chi connectivity index (χ1n) is 10.6. The first kappa shape index (κ1) is 24.5. The minimum absolute atomic E-state index is 0.0105. The number of benzene rings is 1. The molecule has 3 aliphatic carbocycles. The smallest absolute Gasteiger partial charge is 0.255 e. The summed E-state index contributed by atoms with van der Waals surface area (Å²) in [5.41, 5.74) is 3.05. The fourth-order valence-corrected chi connectivity index (χ4v) is 6.23. The van der Waals surface area contributed by atoms with Crippen molar-refractivity contribution in [2.75, 3.05) is 33.1 Å². The molecular weight excluding hydrogens is 557 g/mol. The lowest BCUT2D eigenvalue weighted by Crippen LogP contribution is -2.63. The number of hydrogen-bond acceptors (Lipinski definition) is 9. The Bertz CT molecular complexity index is 1220. The maximum Gasteiger partial charge on any atom is 0.255 e. The zero-order chi connectivity index (χ0) is 25.4. The van der Waals surface area contributed by atoms with Gasteiger partial charge in [-0.15, -0.1) is 0 Å². The summed E-state index contributed by atoms with van der Waals surface area (Å²) in [6.45, 7) is 0. The molecule has 1 aromatic rings. The van der Waals surface area contributed by atoms with Crippen molar-refractivity contribution in [1.82, 2.24) is 4.90 Å². The third-order valence-corrected chi connectivity index (χ3v) is 7.96. The van der Waals surface area contributed by atoms with E-state index >= 15 is 0 Å². The minimum Gasteiger partial charge on any atom is -0.510 e. The predicted molar refractivity (Wildman–Crippen MR) is 131 cm³/mol. The molecule has 0 radical (unpaired) electrons. The highest BCUT2D eigenvalue weighted by atomic mass is 127. The number of likely N-dealkylation sites (N-methyl/N-ethyl adjacent to an activating group) is 1. The Labute approximate surface area is 209 Å². The fourth-order valence-electron chi connectivity index (χ4n) is 5.67. The summed E-state index contributed by atoms with van der Waals surface area (Å²) in [4.78, 5) is 42.3. The van der Waals surface area contributed by atoms with Crippen molar-refractivity contribution in [2.24, 2.45) is 17.6 Å². The number of allylic oxidation sites excluding steroid dienone is 1. The number of primary amides is 1. The molecule has 0 fully saturated rings. The molecule has 0 aliphatic heterocycles. The zero-order valence-corrected chi connectivity index (χ0v) is 21.2. The first-order chi connectivity index (χ1) is 15.7. The Kier molecular flexibility index (Phi) is 5.73. The van der Waals surface area contributed by atoms with Crippen LogP contribution in [0.15, 0.2) is 28.7 Å². The van der Waals surface area contributed by atoms with Crippen LogP contribution in [-0.2, 0) is 16.0 Å². The van der Waals surface area contributed by atoms with E-state index in [0.717, 1.165) is 5.69 Å². The number of anilines is 1. The molecule has 0 heterocycles. The van der Waals surface area contributed by atoms with E-state index in [1.165, 1.54) is 4.90 Å². The van der Waals surface area contributed by atoms with Crippen LogP contribution in [0.2, 0.25) is 0 Å². The number of Topliss-reactive ketones (excluding diaryl/α,β-unsaturated/α-hetero) is 2. The highest BCUT2D eigenvalue weighted by Crippen LogP contribution is 2.53. The monoisotopic (exact) mass is 583 g/mol. The molecule has 6 N–H and O–H groups in total. The largest absolute Gasteiger partial charge is 0.510 e. The Hall–Kier alpha value is -2.64. The zero-order valence-electron chi connectivity index (χ0n) is 19.1. The third-order valence-electron chi connectivity index (χ3n) is 7.13. The van der Waals surface area contributed by atoms with Crippen LogP contribution in [-0.4, -0.2) is 82.6 Å². The van der Waals surface area contributed by atoms with E-state index in [2.05, 4.69) is 0 Å². The van der Waals surface area contributed by atoms with Gasteiger partial charge in [-0.1, -0.05) is 0 Å². The Balaban J connectivity index is 2.00. The molecule has 1 aromatic carbocycles. The standard InChI is InChI=1S/C23H26IN3O7/c1-26(2)12-7-11(24)17(28)14-9(12)5-8-6-10-16(27(3)4)19(30)15(22(25)33)21(32)23(10,34)20(31)13(8)18(14)29/h7-8,10,16,28,30-31,34H,5-6H2,1-4H3,(H2,25,33)/t8-,10-,16?,23-/m0/s1. The lowest BCUT2D eigenvalue weighted by atomic mass is 9.58. The van der Waals surface area contributed by atoms with Crippen molar-refractivity contribution in [1.29, 1.82) is 0 Å². The number of halogens is 1. The summed E-state index contributed by atoms with van der Waals surface area (Å²) < 4.78 is 0.435. The number of hydrogen-bond donors (Lipinski definition) is 5. The van der Waals surface area contributed by atoms with Gasteiger partial charge in [0.1, 0.15) is 22.8 Å². The van der Waals surface area contributed by atoms with Gasteiger partial charge in [-0.25, -0.2) is 0 Å². The first-order valence-corrected chi connectivity index (χ1v) is 11.7. The van der Waals surface area contributed by atoms with E-state index in [4.69, 9.17) is 5.73 Å². The topological polar surface area (TPSA) is 165 Å². The number of amides is 1. The number of ketones is 2. The van der Waals surface area contributed by atoms with Gasteiger partial charge in [0.2, 0.25) is 5.78 Å². The van der Waals surface area contributed by atoms with E-state index in [-0.39, 0.29) is 29.7 Å². The second kappa shape index (κ2) is 7.95. The predicted octanol–water partition coefficient (Wildman–Crippen LogP) is 0.791. The molecule has 0 saturated carbocycles. The summed E-state index contributed by atoms with van der Waals surface area (Å²) >= 11 is 1.91. The number of fused-ring (bicyclic) bond motifs is 3.